The van der Waals surface area contributed by atoms with Gasteiger partial charge in [0.05, 0.1) is 7.11 Å². The van der Waals surface area contributed by atoms with Crippen LogP contribution >= 0.6 is 0 Å². The minimum absolute atomic E-state index is 0.378. The summed E-state index contributed by atoms with van der Waals surface area (Å²) in [4.78, 5) is 0. The summed E-state index contributed by atoms with van der Waals surface area (Å²) in [7, 11) is 3.70. The number of hydrogen-bond acceptors (Lipinski definition) is 2. The lowest BCUT2D eigenvalue weighted by molar-refractivity contribution is 0.411. The highest BCUT2D eigenvalue weighted by Crippen LogP contribution is 2.30. The predicted molar refractivity (Wildman–Crippen MR) is 85.4 cm³/mol. The first kappa shape index (κ1) is 14.6. The zero-order valence-corrected chi connectivity index (χ0v) is 12.9. The van der Waals surface area contributed by atoms with E-state index in [9.17, 15) is 0 Å². The van der Waals surface area contributed by atoms with Crippen molar-refractivity contribution < 1.29 is 4.74 Å². The number of aryl methyl sites for hydroxylation is 2. The highest BCUT2D eigenvalue weighted by Gasteiger charge is 2.08. The lowest BCUT2D eigenvalue weighted by Crippen LogP contribution is -2.11. The summed E-state index contributed by atoms with van der Waals surface area (Å²) in [6.07, 6.45) is 0. The standard InChI is InChI=1S/C18H23NO/c1-12-11-18(20-5)13(2)10-17(12)16-8-6-15(7-9-16)14(3)19-4/h6-11,14,19H,1-5H3. The average Bonchev–Trinajstić information content (AvgIpc) is 2.48. The fourth-order valence-electron chi connectivity index (χ4n) is 2.44. The van der Waals surface area contributed by atoms with Gasteiger partial charge in [-0.15, -0.1) is 0 Å². The van der Waals surface area contributed by atoms with Crippen molar-refractivity contribution in [2.24, 2.45) is 0 Å². The molecule has 2 heteroatoms. The highest BCUT2D eigenvalue weighted by molar-refractivity contribution is 5.69. The Morgan fingerprint density at radius 1 is 1.00 bits per heavy atom. The van der Waals surface area contributed by atoms with Crippen molar-refractivity contribution in [1.82, 2.24) is 5.32 Å². The van der Waals surface area contributed by atoms with Gasteiger partial charge in [0.15, 0.2) is 0 Å². The molecule has 0 spiro atoms. The molecule has 2 aromatic rings. The van der Waals surface area contributed by atoms with Gasteiger partial charge in [-0.05, 0) is 67.8 Å². The maximum Gasteiger partial charge on any atom is 0.122 e. The first-order valence-electron chi connectivity index (χ1n) is 6.99. The molecule has 1 atom stereocenters. The molecule has 1 unspecified atom stereocenters. The molecule has 0 aliphatic carbocycles. The fourth-order valence-corrected chi connectivity index (χ4v) is 2.44. The summed E-state index contributed by atoms with van der Waals surface area (Å²) < 4.78 is 5.37. The van der Waals surface area contributed by atoms with E-state index in [4.69, 9.17) is 4.74 Å². The number of ether oxygens (including phenoxy) is 1. The molecule has 0 aromatic heterocycles. The first-order chi connectivity index (χ1) is 9.56. The molecule has 0 heterocycles. The van der Waals surface area contributed by atoms with Gasteiger partial charge in [0.2, 0.25) is 0 Å². The second-order valence-corrected chi connectivity index (χ2v) is 5.27. The van der Waals surface area contributed by atoms with Crippen LogP contribution in [-0.2, 0) is 0 Å². The van der Waals surface area contributed by atoms with Crippen molar-refractivity contribution in [1.29, 1.82) is 0 Å². The van der Waals surface area contributed by atoms with Gasteiger partial charge in [-0.3, -0.25) is 0 Å². The topological polar surface area (TPSA) is 21.3 Å². The maximum atomic E-state index is 5.37. The third-order valence-corrected chi connectivity index (χ3v) is 3.90. The molecule has 2 rings (SSSR count). The highest BCUT2D eigenvalue weighted by atomic mass is 16.5. The first-order valence-corrected chi connectivity index (χ1v) is 6.99. The third kappa shape index (κ3) is 2.86. The molecule has 0 fully saturated rings. The number of nitrogens with one attached hydrogen (secondary N) is 1. The summed E-state index contributed by atoms with van der Waals surface area (Å²) in [5.74, 6) is 0.951. The van der Waals surface area contributed by atoms with E-state index >= 15 is 0 Å². The van der Waals surface area contributed by atoms with Gasteiger partial charge in [-0.1, -0.05) is 24.3 Å². The molecular formula is C18H23NO. The molecular weight excluding hydrogens is 246 g/mol. The van der Waals surface area contributed by atoms with Crippen LogP contribution in [-0.4, -0.2) is 14.2 Å². The van der Waals surface area contributed by atoms with Crippen LogP contribution in [0.3, 0.4) is 0 Å². The van der Waals surface area contributed by atoms with Gasteiger partial charge in [0.1, 0.15) is 5.75 Å². The molecule has 0 amide bonds. The van der Waals surface area contributed by atoms with Gasteiger partial charge >= 0.3 is 0 Å². The van der Waals surface area contributed by atoms with Gasteiger partial charge in [0, 0.05) is 6.04 Å². The molecule has 0 radical (unpaired) electrons. The normalized spacial score (nSPS) is 12.2. The van der Waals surface area contributed by atoms with Crippen LogP contribution in [0.25, 0.3) is 11.1 Å². The summed E-state index contributed by atoms with van der Waals surface area (Å²) >= 11 is 0. The Labute approximate surface area is 121 Å². The van der Waals surface area contributed by atoms with E-state index < -0.39 is 0 Å². The summed E-state index contributed by atoms with van der Waals surface area (Å²) in [5, 5.41) is 3.26. The molecule has 0 saturated carbocycles. The van der Waals surface area contributed by atoms with Crippen molar-refractivity contribution >= 4 is 0 Å². The van der Waals surface area contributed by atoms with E-state index in [-0.39, 0.29) is 0 Å². The largest absolute Gasteiger partial charge is 0.496 e. The van der Waals surface area contributed by atoms with Gasteiger partial charge in [0.25, 0.3) is 0 Å². The van der Waals surface area contributed by atoms with Gasteiger partial charge in [-0.2, -0.15) is 0 Å². The maximum absolute atomic E-state index is 5.37. The third-order valence-electron chi connectivity index (χ3n) is 3.90. The SMILES string of the molecule is CNC(C)c1ccc(-c2cc(C)c(OC)cc2C)cc1. The lowest BCUT2D eigenvalue weighted by atomic mass is 9.96. The monoisotopic (exact) mass is 269 g/mol. The lowest BCUT2D eigenvalue weighted by Gasteiger charge is -2.14. The van der Waals surface area contributed by atoms with Crippen molar-refractivity contribution in [3.05, 3.63) is 53.1 Å². The Bertz CT molecular complexity index is 587. The van der Waals surface area contributed by atoms with Crippen LogP contribution in [0.15, 0.2) is 36.4 Å². The van der Waals surface area contributed by atoms with E-state index in [0.29, 0.717) is 6.04 Å². The van der Waals surface area contributed by atoms with E-state index in [2.05, 4.69) is 62.5 Å². The minimum atomic E-state index is 0.378. The quantitative estimate of drug-likeness (QED) is 0.895. The molecule has 0 aliphatic rings. The van der Waals surface area contributed by atoms with Gasteiger partial charge in [-0.25, -0.2) is 0 Å². The molecule has 2 nitrogen and oxygen atoms in total. The Kier molecular flexibility index (Phi) is 4.46. The fraction of sp³-hybridized carbons (Fsp3) is 0.333. The average molecular weight is 269 g/mol. The predicted octanol–water partition coefficient (Wildman–Crippen LogP) is 4.26. The Balaban J connectivity index is 2.39. The minimum Gasteiger partial charge on any atom is -0.496 e. The Hall–Kier alpha value is -1.80. The van der Waals surface area contributed by atoms with Crippen molar-refractivity contribution in [2.45, 2.75) is 26.8 Å². The molecule has 20 heavy (non-hydrogen) atoms. The van der Waals surface area contributed by atoms with Crippen LogP contribution in [0.5, 0.6) is 5.75 Å². The van der Waals surface area contributed by atoms with Crippen LogP contribution in [0, 0.1) is 13.8 Å². The van der Waals surface area contributed by atoms with Crippen molar-refractivity contribution in [3.63, 3.8) is 0 Å². The summed E-state index contributed by atoms with van der Waals surface area (Å²) in [6.45, 7) is 6.37. The van der Waals surface area contributed by atoms with Crippen LogP contribution in [0.1, 0.15) is 29.7 Å². The number of rotatable bonds is 4. The summed E-state index contributed by atoms with van der Waals surface area (Å²) in [6, 6.07) is 13.4. The van der Waals surface area contributed by atoms with Crippen molar-refractivity contribution in [2.75, 3.05) is 14.2 Å². The second kappa shape index (κ2) is 6.10. The molecule has 0 saturated heterocycles. The zero-order valence-electron chi connectivity index (χ0n) is 12.9. The summed E-state index contributed by atoms with van der Waals surface area (Å²) in [5.41, 5.74) is 6.23. The smallest absolute Gasteiger partial charge is 0.122 e. The van der Waals surface area contributed by atoms with Crippen molar-refractivity contribution in [3.8, 4) is 16.9 Å². The molecule has 1 N–H and O–H groups in total. The molecule has 2 aromatic carbocycles. The zero-order chi connectivity index (χ0) is 14.7. The number of methoxy groups -OCH3 is 1. The second-order valence-electron chi connectivity index (χ2n) is 5.27. The van der Waals surface area contributed by atoms with E-state index in [1.807, 2.05) is 7.05 Å². The van der Waals surface area contributed by atoms with Gasteiger partial charge < -0.3 is 10.1 Å². The Morgan fingerprint density at radius 2 is 1.65 bits per heavy atom. The van der Waals surface area contributed by atoms with Crippen LogP contribution < -0.4 is 10.1 Å². The Morgan fingerprint density at radius 3 is 2.20 bits per heavy atom. The number of benzene rings is 2. The molecule has 106 valence electrons. The van der Waals surface area contributed by atoms with Crippen LogP contribution in [0.4, 0.5) is 0 Å². The van der Waals surface area contributed by atoms with E-state index in [1.165, 1.54) is 27.8 Å². The van der Waals surface area contributed by atoms with Crippen LogP contribution in [0.2, 0.25) is 0 Å². The molecule has 0 bridgehead atoms. The number of hydrogen-bond donors (Lipinski definition) is 1. The molecule has 0 aliphatic heterocycles. The van der Waals surface area contributed by atoms with E-state index in [0.717, 1.165) is 5.75 Å². The van der Waals surface area contributed by atoms with E-state index in [1.54, 1.807) is 7.11 Å².